The molecule has 0 amide bonds. The standard InChI is InChI=1S/C16H22N2O/c19-16(14-7-2-1-5-10-17-14)12-18-11-9-13-6-3-4-8-15(13)18/h3-4,6,8,14,17H,1-2,5,7,9-12H2. The van der Waals surface area contributed by atoms with Gasteiger partial charge in [-0.1, -0.05) is 31.0 Å². The zero-order valence-corrected chi connectivity index (χ0v) is 11.4. The van der Waals surface area contributed by atoms with Crippen molar-refractivity contribution in [2.75, 3.05) is 24.5 Å². The molecule has 1 N–H and O–H groups in total. The Morgan fingerprint density at radius 3 is 3.11 bits per heavy atom. The SMILES string of the molecule is O=C(CN1CCc2ccccc21)C1CCCCCN1. The van der Waals surface area contributed by atoms with Crippen molar-refractivity contribution in [2.45, 2.75) is 38.1 Å². The van der Waals surface area contributed by atoms with Crippen LogP contribution in [0.3, 0.4) is 0 Å². The molecular formula is C16H22N2O. The van der Waals surface area contributed by atoms with Gasteiger partial charge in [-0.05, 0) is 37.4 Å². The molecule has 0 radical (unpaired) electrons. The Morgan fingerprint density at radius 2 is 2.16 bits per heavy atom. The average Bonchev–Trinajstić information content (AvgIpc) is 2.66. The molecule has 0 aromatic heterocycles. The number of ketones is 1. The predicted octanol–water partition coefficient (Wildman–Crippen LogP) is 2.15. The molecule has 3 rings (SSSR count). The molecule has 0 aliphatic carbocycles. The van der Waals surface area contributed by atoms with Crippen molar-refractivity contribution in [3.63, 3.8) is 0 Å². The van der Waals surface area contributed by atoms with Gasteiger partial charge in [0.05, 0.1) is 12.6 Å². The second kappa shape index (κ2) is 5.74. The topological polar surface area (TPSA) is 32.3 Å². The van der Waals surface area contributed by atoms with E-state index in [0.29, 0.717) is 12.3 Å². The van der Waals surface area contributed by atoms with E-state index in [-0.39, 0.29) is 6.04 Å². The normalized spacial score (nSPS) is 22.9. The number of carbonyl (C=O) groups is 1. The van der Waals surface area contributed by atoms with Gasteiger partial charge >= 0.3 is 0 Å². The molecular weight excluding hydrogens is 236 g/mol. The van der Waals surface area contributed by atoms with Crippen LogP contribution in [0.5, 0.6) is 0 Å². The lowest BCUT2D eigenvalue weighted by atomic mass is 10.1. The van der Waals surface area contributed by atoms with E-state index in [1.165, 1.54) is 30.5 Å². The Morgan fingerprint density at radius 1 is 1.26 bits per heavy atom. The van der Waals surface area contributed by atoms with E-state index < -0.39 is 0 Å². The summed E-state index contributed by atoms with van der Waals surface area (Å²) in [6.45, 7) is 2.54. The van der Waals surface area contributed by atoms with Gasteiger partial charge in [0, 0.05) is 12.2 Å². The van der Waals surface area contributed by atoms with Crippen molar-refractivity contribution in [1.82, 2.24) is 5.32 Å². The van der Waals surface area contributed by atoms with Crippen LogP contribution in [-0.2, 0) is 11.2 Å². The highest BCUT2D eigenvalue weighted by Crippen LogP contribution is 2.27. The van der Waals surface area contributed by atoms with Crippen molar-refractivity contribution in [3.05, 3.63) is 29.8 Å². The van der Waals surface area contributed by atoms with Gasteiger partial charge in [0.1, 0.15) is 0 Å². The lowest BCUT2D eigenvalue weighted by Gasteiger charge is -2.22. The molecule has 1 atom stereocenters. The molecule has 1 fully saturated rings. The van der Waals surface area contributed by atoms with Crippen LogP contribution in [0, 0.1) is 0 Å². The first-order chi connectivity index (χ1) is 9.34. The molecule has 0 spiro atoms. The third-order valence-electron chi connectivity index (χ3n) is 4.28. The van der Waals surface area contributed by atoms with Crippen LogP contribution in [-0.4, -0.2) is 31.5 Å². The van der Waals surface area contributed by atoms with E-state index in [0.717, 1.165) is 25.9 Å². The van der Waals surface area contributed by atoms with Crippen LogP contribution >= 0.6 is 0 Å². The maximum atomic E-state index is 12.4. The predicted molar refractivity (Wildman–Crippen MR) is 77.6 cm³/mol. The van der Waals surface area contributed by atoms with Crippen LogP contribution in [0.25, 0.3) is 0 Å². The van der Waals surface area contributed by atoms with Crippen LogP contribution < -0.4 is 10.2 Å². The number of nitrogens with one attached hydrogen (secondary N) is 1. The number of anilines is 1. The van der Waals surface area contributed by atoms with Crippen molar-refractivity contribution in [1.29, 1.82) is 0 Å². The smallest absolute Gasteiger partial charge is 0.168 e. The van der Waals surface area contributed by atoms with Gasteiger partial charge in [0.25, 0.3) is 0 Å². The first-order valence-electron chi connectivity index (χ1n) is 7.43. The number of para-hydroxylation sites is 1. The highest BCUT2D eigenvalue weighted by molar-refractivity contribution is 5.89. The molecule has 1 unspecified atom stereocenters. The second-order valence-corrected chi connectivity index (χ2v) is 5.62. The van der Waals surface area contributed by atoms with Crippen molar-refractivity contribution >= 4 is 11.5 Å². The summed E-state index contributed by atoms with van der Waals surface area (Å²) < 4.78 is 0. The molecule has 0 saturated carbocycles. The van der Waals surface area contributed by atoms with Crippen molar-refractivity contribution in [2.24, 2.45) is 0 Å². The van der Waals surface area contributed by atoms with E-state index in [9.17, 15) is 4.79 Å². The van der Waals surface area contributed by atoms with Gasteiger partial charge in [0.15, 0.2) is 5.78 Å². The van der Waals surface area contributed by atoms with Gasteiger partial charge < -0.3 is 10.2 Å². The largest absolute Gasteiger partial charge is 0.364 e. The highest BCUT2D eigenvalue weighted by atomic mass is 16.1. The molecule has 0 bridgehead atoms. The summed E-state index contributed by atoms with van der Waals surface area (Å²) in [4.78, 5) is 14.7. The second-order valence-electron chi connectivity index (χ2n) is 5.62. The van der Waals surface area contributed by atoms with E-state index in [1.54, 1.807) is 0 Å². The molecule has 1 saturated heterocycles. The average molecular weight is 258 g/mol. The monoisotopic (exact) mass is 258 g/mol. The minimum atomic E-state index is 0.0789. The molecule has 102 valence electrons. The summed E-state index contributed by atoms with van der Waals surface area (Å²) in [7, 11) is 0. The Balaban J connectivity index is 1.64. The van der Waals surface area contributed by atoms with Gasteiger partial charge in [-0.3, -0.25) is 4.79 Å². The lowest BCUT2D eigenvalue weighted by Crippen LogP contribution is -2.42. The minimum absolute atomic E-state index is 0.0789. The lowest BCUT2D eigenvalue weighted by molar-refractivity contribution is -0.119. The Labute approximate surface area is 115 Å². The molecule has 3 nitrogen and oxygen atoms in total. The summed E-state index contributed by atoms with van der Waals surface area (Å²) in [5.41, 5.74) is 2.63. The number of benzene rings is 1. The number of Topliss-reactive ketones (excluding diaryl/α,β-unsaturated/α-hetero) is 1. The summed E-state index contributed by atoms with van der Waals surface area (Å²) in [5, 5.41) is 3.40. The van der Waals surface area contributed by atoms with Gasteiger partial charge in [-0.15, -0.1) is 0 Å². The zero-order chi connectivity index (χ0) is 13.1. The van der Waals surface area contributed by atoms with E-state index in [1.807, 2.05) is 0 Å². The molecule has 2 aliphatic rings. The fraction of sp³-hybridized carbons (Fsp3) is 0.562. The van der Waals surface area contributed by atoms with Crippen LogP contribution in [0.15, 0.2) is 24.3 Å². The Kier molecular flexibility index (Phi) is 3.83. The maximum Gasteiger partial charge on any atom is 0.168 e. The number of nitrogens with zero attached hydrogens (tertiary/aromatic N) is 1. The molecule has 1 aromatic rings. The highest BCUT2D eigenvalue weighted by Gasteiger charge is 2.25. The van der Waals surface area contributed by atoms with Gasteiger partial charge in [-0.25, -0.2) is 0 Å². The summed E-state index contributed by atoms with van der Waals surface area (Å²) in [5.74, 6) is 0.360. The van der Waals surface area contributed by atoms with Crippen LogP contribution in [0.4, 0.5) is 5.69 Å². The maximum absolute atomic E-state index is 12.4. The van der Waals surface area contributed by atoms with E-state index in [4.69, 9.17) is 0 Å². The fourth-order valence-electron chi connectivity index (χ4n) is 3.17. The van der Waals surface area contributed by atoms with E-state index >= 15 is 0 Å². The molecule has 2 heterocycles. The van der Waals surface area contributed by atoms with Crippen molar-refractivity contribution < 1.29 is 4.79 Å². The fourth-order valence-corrected chi connectivity index (χ4v) is 3.17. The quantitative estimate of drug-likeness (QED) is 0.901. The van der Waals surface area contributed by atoms with Crippen LogP contribution in [0.1, 0.15) is 31.2 Å². The first kappa shape index (κ1) is 12.7. The number of carbonyl (C=O) groups excluding carboxylic acids is 1. The number of fused-ring (bicyclic) bond motifs is 1. The molecule has 1 aromatic carbocycles. The Bertz CT molecular complexity index is 450. The minimum Gasteiger partial charge on any atom is -0.364 e. The Hall–Kier alpha value is -1.35. The molecule has 2 aliphatic heterocycles. The van der Waals surface area contributed by atoms with Crippen LogP contribution in [0.2, 0.25) is 0 Å². The first-order valence-corrected chi connectivity index (χ1v) is 7.43. The summed E-state index contributed by atoms with van der Waals surface area (Å²) in [6.07, 6.45) is 5.72. The zero-order valence-electron chi connectivity index (χ0n) is 11.4. The van der Waals surface area contributed by atoms with Crippen molar-refractivity contribution in [3.8, 4) is 0 Å². The molecule has 3 heteroatoms. The number of hydrogen-bond donors (Lipinski definition) is 1. The van der Waals surface area contributed by atoms with Gasteiger partial charge in [0.2, 0.25) is 0 Å². The number of hydrogen-bond acceptors (Lipinski definition) is 3. The molecule has 19 heavy (non-hydrogen) atoms. The van der Waals surface area contributed by atoms with Gasteiger partial charge in [-0.2, -0.15) is 0 Å². The third-order valence-corrected chi connectivity index (χ3v) is 4.28. The summed E-state index contributed by atoms with van der Waals surface area (Å²) >= 11 is 0. The summed E-state index contributed by atoms with van der Waals surface area (Å²) in [6, 6.07) is 8.53. The van der Waals surface area contributed by atoms with E-state index in [2.05, 4.69) is 34.5 Å². The number of rotatable bonds is 3. The third kappa shape index (κ3) is 2.81.